The zero-order valence-corrected chi connectivity index (χ0v) is 10.9. The Morgan fingerprint density at radius 2 is 2.20 bits per heavy atom. The molecule has 1 aliphatic rings. The van der Waals surface area contributed by atoms with Gasteiger partial charge in [0.15, 0.2) is 0 Å². The van der Waals surface area contributed by atoms with Crippen LogP contribution in [0.25, 0.3) is 0 Å². The van der Waals surface area contributed by atoms with Gasteiger partial charge in [0.05, 0.1) is 6.10 Å². The van der Waals surface area contributed by atoms with Crippen LogP contribution < -0.4 is 10.1 Å². The van der Waals surface area contributed by atoms with Crippen molar-refractivity contribution in [3.63, 3.8) is 0 Å². The molecule has 0 aromatic heterocycles. The van der Waals surface area contributed by atoms with Crippen LogP contribution in [0.2, 0.25) is 0 Å². The molecule has 6 heteroatoms. The Kier molecular flexibility index (Phi) is 4.89. The highest BCUT2D eigenvalue weighted by atomic mass is 19.3. The molecule has 4 nitrogen and oxygen atoms in total. The number of nitrogens with one attached hydrogen (secondary N) is 1. The van der Waals surface area contributed by atoms with Gasteiger partial charge in [0.25, 0.3) is 0 Å². The maximum Gasteiger partial charge on any atom is 0.387 e. The Hall–Kier alpha value is -1.69. The van der Waals surface area contributed by atoms with E-state index in [9.17, 15) is 18.7 Å². The summed E-state index contributed by atoms with van der Waals surface area (Å²) in [6, 6.07) is 5.84. The number of ether oxygens (including phenoxy) is 1. The summed E-state index contributed by atoms with van der Waals surface area (Å²) in [5, 5.41) is 12.6. The van der Waals surface area contributed by atoms with Gasteiger partial charge in [-0.3, -0.25) is 4.79 Å². The fourth-order valence-corrected chi connectivity index (χ4v) is 2.03. The van der Waals surface area contributed by atoms with E-state index in [1.165, 1.54) is 18.2 Å². The molecule has 0 spiro atoms. The Labute approximate surface area is 115 Å². The second-order valence-corrected chi connectivity index (χ2v) is 4.84. The van der Waals surface area contributed by atoms with Gasteiger partial charge in [-0.05, 0) is 30.5 Å². The van der Waals surface area contributed by atoms with Crippen LogP contribution in [0.3, 0.4) is 0 Å². The number of hydrogen-bond donors (Lipinski definition) is 2. The van der Waals surface area contributed by atoms with E-state index in [-0.39, 0.29) is 24.1 Å². The van der Waals surface area contributed by atoms with Gasteiger partial charge < -0.3 is 15.2 Å². The van der Waals surface area contributed by atoms with Crippen LogP contribution >= 0.6 is 0 Å². The fourth-order valence-electron chi connectivity index (χ4n) is 2.03. The lowest BCUT2D eigenvalue weighted by Crippen LogP contribution is -2.36. The van der Waals surface area contributed by atoms with Gasteiger partial charge in [-0.25, -0.2) is 0 Å². The topological polar surface area (TPSA) is 58.6 Å². The van der Waals surface area contributed by atoms with Crippen molar-refractivity contribution in [3.05, 3.63) is 29.8 Å². The summed E-state index contributed by atoms with van der Waals surface area (Å²) in [7, 11) is 0. The fraction of sp³-hybridized carbons (Fsp3) is 0.500. The van der Waals surface area contributed by atoms with E-state index < -0.39 is 12.7 Å². The molecule has 1 unspecified atom stereocenters. The van der Waals surface area contributed by atoms with Crippen LogP contribution in [-0.4, -0.2) is 24.2 Å². The van der Waals surface area contributed by atoms with E-state index in [2.05, 4.69) is 10.1 Å². The lowest BCUT2D eigenvalue weighted by atomic mass is 9.85. The van der Waals surface area contributed by atoms with Crippen molar-refractivity contribution in [2.24, 2.45) is 5.92 Å². The molecule has 1 atom stereocenters. The predicted molar refractivity (Wildman–Crippen MR) is 68.4 cm³/mol. The average Bonchev–Trinajstić information content (AvgIpc) is 2.33. The summed E-state index contributed by atoms with van der Waals surface area (Å²) in [5.74, 6) is -0.0205. The minimum atomic E-state index is -2.90. The highest BCUT2D eigenvalue weighted by Gasteiger charge is 2.25. The Morgan fingerprint density at radius 1 is 1.45 bits per heavy atom. The normalized spacial score (nSPS) is 16.6. The minimum absolute atomic E-state index is 0.0122. The first-order valence-corrected chi connectivity index (χ1v) is 6.57. The zero-order chi connectivity index (χ0) is 14.5. The third-order valence-corrected chi connectivity index (χ3v) is 3.41. The molecule has 0 bridgehead atoms. The predicted octanol–water partition coefficient (Wildman–Crippen LogP) is 2.24. The summed E-state index contributed by atoms with van der Waals surface area (Å²) in [6.07, 6.45) is 1.90. The van der Waals surface area contributed by atoms with Crippen molar-refractivity contribution in [2.45, 2.75) is 32.0 Å². The molecule has 1 saturated carbocycles. The monoisotopic (exact) mass is 285 g/mol. The number of halogens is 2. The Bertz CT molecular complexity index is 463. The third-order valence-electron chi connectivity index (χ3n) is 3.41. The smallest absolute Gasteiger partial charge is 0.387 e. The van der Waals surface area contributed by atoms with Gasteiger partial charge in [-0.15, -0.1) is 0 Å². The summed E-state index contributed by atoms with van der Waals surface area (Å²) in [5.41, 5.74) is 0.428. The number of aliphatic hydroxyl groups is 1. The first kappa shape index (κ1) is 14.7. The second-order valence-electron chi connectivity index (χ2n) is 4.84. The number of hydrogen-bond acceptors (Lipinski definition) is 3. The Morgan fingerprint density at radius 3 is 2.80 bits per heavy atom. The van der Waals surface area contributed by atoms with Gasteiger partial charge in [0.1, 0.15) is 5.75 Å². The first-order valence-electron chi connectivity index (χ1n) is 6.57. The van der Waals surface area contributed by atoms with Crippen molar-refractivity contribution in [1.29, 1.82) is 0 Å². The quantitative estimate of drug-likeness (QED) is 0.842. The van der Waals surface area contributed by atoms with Crippen molar-refractivity contribution >= 4 is 5.91 Å². The number of carbonyl (C=O) groups excluding carboxylic acids is 1. The van der Waals surface area contributed by atoms with Crippen molar-refractivity contribution < 1.29 is 23.4 Å². The number of rotatable bonds is 6. The van der Waals surface area contributed by atoms with Crippen LogP contribution in [0.4, 0.5) is 8.78 Å². The summed E-state index contributed by atoms with van der Waals surface area (Å²) < 4.78 is 28.5. The van der Waals surface area contributed by atoms with E-state index >= 15 is 0 Å². The number of amides is 1. The molecule has 0 heterocycles. The van der Waals surface area contributed by atoms with Gasteiger partial charge in [-0.1, -0.05) is 18.6 Å². The van der Waals surface area contributed by atoms with Crippen LogP contribution in [0.15, 0.2) is 24.3 Å². The van der Waals surface area contributed by atoms with Crippen LogP contribution in [0.5, 0.6) is 5.75 Å². The largest absolute Gasteiger partial charge is 0.435 e. The molecule has 0 aliphatic heterocycles. The van der Waals surface area contributed by atoms with E-state index in [1.807, 2.05) is 0 Å². The van der Waals surface area contributed by atoms with Crippen molar-refractivity contribution in [2.75, 3.05) is 6.54 Å². The van der Waals surface area contributed by atoms with E-state index in [0.29, 0.717) is 5.56 Å². The molecule has 20 heavy (non-hydrogen) atoms. The van der Waals surface area contributed by atoms with E-state index in [1.54, 1.807) is 6.07 Å². The molecule has 110 valence electrons. The standard InChI is InChI=1S/C14H17F2NO3/c15-14(16)20-11-6-2-5-10(7-11)12(18)8-17-13(19)9-3-1-4-9/h2,5-7,9,12,14,18H,1,3-4,8H2,(H,17,19). The van der Waals surface area contributed by atoms with Gasteiger partial charge in [0, 0.05) is 12.5 Å². The molecule has 1 fully saturated rings. The summed E-state index contributed by atoms with van der Waals surface area (Å²) >= 11 is 0. The zero-order valence-electron chi connectivity index (χ0n) is 10.9. The van der Waals surface area contributed by atoms with Crippen molar-refractivity contribution in [1.82, 2.24) is 5.32 Å². The molecule has 1 aliphatic carbocycles. The van der Waals surface area contributed by atoms with E-state index in [0.717, 1.165) is 19.3 Å². The van der Waals surface area contributed by atoms with E-state index in [4.69, 9.17) is 0 Å². The molecular formula is C14H17F2NO3. The maximum absolute atomic E-state index is 12.1. The van der Waals surface area contributed by atoms with Gasteiger partial charge in [0.2, 0.25) is 5.91 Å². The molecule has 1 aromatic rings. The average molecular weight is 285 g/mol. The SMILES string of the molecule is O=C(NCC(O)c1cccc(OC(F)F)c1)C1CCC1. The first-order chi connectivity index (χ1) is 9.56. The number of alkyl halides is 2. The second kappa shape index (κ2) is 6.65. The van der Waals surface area contributed by atoms with Crippen LogP contribution in [0, 0.1) is 5.92 Å². The van der Waals surface area contributed by atoms with Gasteiger partial charge >= 0.3 is 6.61 Å². The maximum atomic E-state index is 12.1. The van der Waals surface area contributed by atoms with Crippen LogP contribution in [0.1, 0.15) is 30.9 Å². The lowest BCUT2D eigenvalue weighted by Gasteiger charge is -2.24. The van der Waals surface area contributed by atoms with Gasteiger partial charge in [-0.2, -0.15) is 8.78 Å². The molecule has 1 aromatic carbocycles. The number of benzene rings is 1. The summed E-state index contributed by atoms with van der Waals surface area (Å²) in [4.78, 5) is 11.6. The minimum Gasteiger partial charge on any atom is -0.435 e. The lowest BCUT2D eigenvalue weighted by molar-refractivity contribution is -0.127. The molecule has 2 N–H and O–H groups in total. The molecule has 1 amide bonds. The van der Waals surface area contributed by atoms with Crippen LogP contribution in [-0.2, 0) is 4.79 Å². The third kappa shape index (κ3) is 3.90. The highest BCUT2D eigenvalue weighted by Crippen LogP contribution is 2.26. The number of carbonyl (C=O) groups is 1. The number of aliphatic hydroxyl groups excluding tert-OH is 1. The Balaban J connectivity index is 1.87. The molecule has 2 rings (SSSR count). The highest BCUT2D eigenvalue weighted by molar-refractivity contribution is 5.79. The molecule has 0 radical (unpaired) electrons. The molecular weight excluding hydrogens is 268 g/mol. The molecule has 0 saturated heterocycles. The van der Waals surface area contributed by atoms with Crippen molar-refractivity contribution in [3.8, 4) is 5.75 Å². The summed E-state index contributed by atoms with van der Waals surface area (Å²) in [6.45, 7) is -2.84.